The molecule has 0 spiro atoms. The van der Waals surface area contributed by atoms with Gasteiger partial charge in [-0.15, -0.1) is 0 Å². The van der Waals surface area contributed by atoms with Crippen molar-refractivity contribution in [2.45, 2.75) is 59.2 Å². The molecule has 0 saturated carbocycles. The molecule has 1 fully saturated rings. The molecule has 0 amide bonds. The Morgan fingerprint density at radius 2 is 2.15 bits per heavy atom. The summed E-state index contributed by atoms with van der Waals surface area (Å²) in [5.74, 6) is 1.86. The molecule has 2 rings (SSSR count). The van der Waals surface area contributed by atoms with Crippen molar-refractivity contribution in [3.05, 3.63) is 18.2 Å². The first-order valence-electron chi connectivity index (χ1n) is 7.84. The van der Waals surface area contributed by atoms with Crippen molar-refractivity contribution in [3.8, 4) is 0 Å². The van der Waals surface area contributed by atoms with E-state index in [9.17, 15) is 0 Å². The Kier molecular flexibility index (Phi) is 4.86. The summed E-state index contributed by atoms with van der Waals surface area (Å²) in [6.07, 6.45) is 5.23. The SMILES string of the molecule is Cc1nccn1CCN1CC(CC(C)C)NCC1(C)C. The minimum Gasteiger partial charge on any atom is -0.334 e. The topological polar surface area (TPSA) is 33.1 Å². The van der Waals surface area contributed by atoms with Crippen LogP contribution in [0.1, 0.15) is 39.9 Å². The number of hydrogen-bond donors (Lipinski definition) is 1. The Morgan fingerprint density at radius 3 is 2.75 bits per heavy atom. The first-order valence-corrected chi connectivity index (χ1v) is 7.84. The molecule has 1 N–H and O–H groups in total. The zero-order valence-electron chi connectivity index (χ0n) is 13.7. The molecule has 4 heteroatoms. The highest BCUT2D eigenvalue weighted by atomic mass is 15.3. The van der Waals surface area contributed by atoms with Crippen molar-refractivity contribution in [1.29, 1.82) is 0 Å². The second-order valence-corrected chi connectivity index (χ2v) is 7.13. The molecule has 4 nitrogen and oxygen atoms in total. The molecule has 20 heavy (non-hydrogen) atoms. The van der Waals surface area contributed by atoms with Crippen LogP contribution in [-0.4, -0.2) is 45.7 Å². The Balaban J connectivity index is 1.94. The monoisotopic (exact) mass is 278 g/mol. The van der Waals surface area contributed by atoms with E-state index in [1.807, 2.05) is 6.20 Å². The third-order valence-corrected chi connectivity index (χ3v) is 4.41. The first-order chi connectivity index (χ1) is 9.38. The number of aromatic nitrogens is 2. The van der Waals surface area contributed by atoms with Gasteiger partial charge in [0.15, 0.2) is 0 Å². The van der Waals surface area contributed by atoms with Crippen LogP contribution in [0.4, 0.5) is 0 Å². The normalized spacial score (nSPS) is 23.4. The number of rotatable bonds is 5. The van der Waals surface area contributed by atoms with E-state index < -0.39 is 0 Å². The molecule has 2 heterocycles. The number of nitrogens with zero attached hydrogens (tertiary/aromatic N) is 3. The van der Waals surface area contributed by atoms with E-state index >= 15 is 0 Å². The maximum absolute atomic E-state index is 4.30. The van der Waals surface area contributed by atoms with Crippen LogP contribution in [0.3, 0.4) is 0 Å². The number of imidazole rings is 1. The van der Waals surface area contributed by atoms with Gasteiger partial charge in [-0.1, -0.05) is 13.8 Å². The number of piperazine rings is 1. The lowest BCUT2D eigenvalue weighted by atomic mass is 9.93. The van der Waals surface area contributed by atoms with E-state index in [2.05, 4.69) is 60.6 Å². The van der Waals surface area contributed by atoms with E-state index in [0.29, 0.717) is 6.04 Å². The standard InChI is InChI=1S/C16H30N4/c1-13(2)10-15-11-20(16(4,5)12-18-15)9-8-19-7-6-17-14(19)3/h6-7,13,15,18H,8-12H2,1-5H3. The fourth-order valence-electron chi connectivity index (χ4n) is 3.07. The van der Waals surface area contributed by atoms with Gasteiger partial charge in [-0.05, 0) is 33.1 Å². The molecule has 1 aliphatic heterocycles. The van der Waals surface area contributed by atoms with Crippen molar-refractivity contribution in [1.82, 2.24) is 19.8 Å². The summed E-state index contributed by atoms with van der Waals surface area (Å²) in [5.41, 5.74) is 0.238. The average molecular weight is 278 g/mol. The molecular formula is C16H30N4. The van der Waals surface area contributed by atoms with Crippen LogP contribution in [0.15, 0.2) is 12.4 Å². The van der Waals surface area contributed by atoms with Crippen LogP contribution in [0.2, 0.25) is 0 Å². The van der Waals surface area contributed by atoms with Crippen LogP contribution in [0.25, 0.3) is 0 Å². The van der Waals surface area contributed by atoms with Crippen molar-refractivity contribution < 1.29 is 0 Å². The van der Waals surface area contributed by atoms with E-state index in [0.717, 1.165) is 37.9 Å². The highest BCUT2D eigenvalue weighted by molar-refractivity contribution is 4.94. The maximum atomic E-state index is 4.30. The second-order valence-electron chi connectivity index (χ2n) is 7.13. The largest absolute Gasteiger partial charge is 0.334 e. The van der Waals surface area contributed by atoms with Gasteiger partial charge in [-0.3, -0.25) is 4.90 Å². The molecular weight excluding hydrogens is 248 g/mol. The lowest BCUT2D eigenvalue weighted by Gasteiger charge is -2.46. The third-order valence-electron chi connectivity index (χ3n) is 4.41. The molecule has 1 aliphatic rings. The summed E-state index contributed by atoms with van der Waals surface area (Å²) >= 11 is 0. The van der Waals surface area contributed by atoms with E-state index in [1.165, 1.54) is 6.42 Å². The van der Waals surface area contributed by atoms with Gasteiger partial charge in [-0.25, -0.2) is 4.98 Å². The quantitative estimate of drug-likeness (QED) is 0.897. The minimum atomic E-state index is 0.238. The Hall–Kier alpha value is -0.870. The van der Waals surface area contributed by atoms with Crippen LogP contribution >= 0.6 is 0 Å². The number of aryl methyl sites for hydroxylation is 1. The van der Waals surface area contributed by atoms with Gasteiger partial charge in [-0.2, -0.15) is 0 Å². The molecule has 0 aromatic carbocycles. The molecule has 114 valence electrons. The van der Waals surface area contributed by atoms with Gasteiger partial charge < -0.3 is 9.88 Å². The van der Waals surface area contributed by atoms with Crippen LogP contribution in [-0.2, 0) is 6.54 Å². The number of nitrogens with one attached hydrogen (secondary N) is 1. The van der Waals surface area contributed by atoms with Crippen molar-refractivity contribution in [2.24, 2.45) is 5.92 Å². The average Bonchev–Trinajstić information content (AvgIpc) is 2.75. The summed E-state index contributed by atoms with van der Waals surface area (Å²) in [7, 11) is 0. The Morgan fingerprint density at radius 1 is 1.40 bits per heavy atom. The summed E-state index contributed by atoms with van der Waals surface area (Å²) in [6.45, 7) is 15.7. The second kappa shape index (κ2) is 6.27. The summed E-state index contributed by atoms with van der Waals surface area (Å²) < 4.78 is 2.25. The summed E-state index contributed by atoms with van der Waals surface area (Å²) in [5, 5.41) is 3.71. The van der Waals surface area contributed by atoms with Crippen molar-refractivity contribution in [3.63, 3.8) is 0 Å². The van der Waals surface area contributed by atoms with Crippen LogP contribution in [0, 0.1) is 12.8 Å². The smallest absolute Gasteiger partial charge is 0.105 e. The number of hydrogen-bond acceptors (Lipinski definition) is 3. The van der Waals surface area contributed by atoms with E-state index in [1.54, 1.807) is 0 Å². The highest BCUT2D eigenvalue weighted by Gasteiger charge is 2.33. The lowest BCUT2D eigenvalue weighted by molar-refractivity contribution is 0.0575. The Bertz CT molecular complexity index is 422. The fourth-order valence-corrected chi connectivity index (χ4v) is 3.07. The zero-order chi connectivity index (χ0) is 14.8. The van der Waals surface area contributed by atoms with Crippen molar-refractivity contribution in [2.75, 3.05) is 19.6 Å². The zero-order valence-corrected chi connectivity index (χ0v) is 13.7. The van der Waals surface area contributed by atoms with Crippen LogP contribution in [0.5, 0.6) is 0 Å². The summed E-state index contributed by atoms with van der Waals surface area (Å²) in [4.78, 5) is 6.94. The Labute approximate surface area is 123 Å². The molecule has 1 saturated heterocycles. The molecule has 0 aliphatic carbocycles. The van der Waals surface area contributed by atoms with Gasteiger partial charge >= 0.3 is 0 Å². The molecule has 1 aromatic heterocycles. The van der Waals surface area contributed by atoms with Crippen LogP contribution < -0.4 is 5.32 Å². The van der Waals surface area contributed by atoms with E-state index in [-0.39, 0.29) is 5.54 Å². The van der Waals surface area contributed by atoms with Gasteiger partial charge in [0.1, 0.15) is 5.82 Å². The molecule has 1 unspecified atom stereocenters. The fraction of sp³-hybridized carbons (Fsp3) is 0.812. The predicted molar refractivity (Wildman–Crippen MR) is 83.9 cm³/mol. The molecule has 1 atom stereocenters. The first kappa shape index (κ1) is 15.5. The molecule has 0 radical (unpaired) electrons. The van der Waals surface area contributed by atoms with E-state index in [4.69, 9.17) is 0 Å². The molecule has 0 bridgehead atoms. The predicted octanol–water partition coefficient (Wildman–Crippen LogP) is 2.29. The van der Waals surface area contributed by atoms with Gasteiger partial charge in [0, 0.05) is 50.2 Å². The maximum Gasteiger partial charge on any atom is 0.105 e. The van der Waals surface area contributed by atoms with Gasteiger partial charge in [0.25, 0.3) is 0 Å². The van der Waals surface area contributed by atoms with Gasteiger partial charge in [0.2, 0.25) is 0 Å². The minimum absolute atomic E-state index is 0.238. The highest BCUT2D eigenvalue weighted by Crippen LogP contribution is 2.21. The van der Waals surface area contributed by atoms with Crippen molar-refractivity contribution >= 4 is 0 Å². The van der Waals surface area contributed by atoms with Gasteiger partial charge in [0.05, 0.1) is 0 Å². The lowest BCUT2D eigenvalue weighted by Crippen LogP contribution is -2.62. The summed E-state index contributed by atoms with van der Waals surface area (Å²) in [6, 6.07) is 0.631. The molecule has 1 aromatic rings. The third kappa shape index (κ3) is 3.83.